The maximum absolute atomic E-state index is 12.3. The third kappa shape index (κ3) is 2.84. The minimum absolute atomic E-state index is 0.102. The van der Waals surface area contributed by atoms with Crippen LogP contribution in [-0.2, 0) is 14.3 Å². The Labute approximate surface area is 135 Å². The van der Waals surface area contributed by atoms with Crippen molar-refractivity contribution in [2.45, 2.75) is 37.1 Å². The zero-order valence-electron chi connectivity index (χ0n) is 13.2. The molecule has 0 unspecified atom stereocenters. The third-order valence-electron chi connectivity index (χ3n) is 5.00. The quantitative estimate of drug-likeness (QED) is 0.832. The lowest BCUT2D eigenvalue weighted by molar-refractivity contribution is -0.156. The van der Waals surface area contributed by atoms with Crippen molar-refractivity contribution in [1.29, 1.82) is 0 Å². The van der Waals surface area contributed by atoms with E-state index < -0.39 is 30.1 Å². The molecule has 2 bridgehead atoms. The maximum atomic E-state index is 12.3. The number of likely N-dealkylation sites (N-methyl/N-ethyl adjacent to an activating group) is 1. The molecule has 0 spiro atoms. The van der Waals surface area contributed by atoms with Gasteiger partial charge in [0.25, 0.3) is 0 Å². The molecular weight excluding hydrogens is 298 g/mol. The number of methoxy groups -OCH3 is 1. The van der Waals surface area contributed by atoms with Crippen LogP contribution in [0.15, 0.2) is 30.3 Å². The molecule has 0 aliphatic carbocycles. The van der Waals surface area contributed by atoms with Crippen molar-refractivity contribution in [2.24, 2.45) is 5.92 Å². The number of aliphatic hydroxyl groups excluding tert-OH is 1. The van der Waals surface area contributed by atoms with Crippen LogP contribution in [0.5, 0.6) is 0 Å². The number of aliphatic hydroxyl groups is 1. The van der Waals surface area contributed by atoms with Gasteiger partial charge < -0.3 is 14.6 Å². The lowest BCUT2D eigenvalue weighted by Gasteiger charge is -2.40. The van der Waals surface area contributed by atoms with E-state index in [1.54, 1.807) is 24.3 Å². The molecule has 23 heavy (non-hydrogen) atoms. The van der Waals surface area contributed by atoms with Gasteiger partial charge in [-0.2, -0.15) is 0 Å². The molecule has 2 saturated heterocycles. The normalized spacial score (nSPS) is 33.3. The summed E-state index contributed by atoms with van der Waals surface area (Å²) in [6.07, 6.45) is -0.191. The number of fused-ring (bicyclic) bond motifs is 2. The lowest BCUT2D eigenvalue weighted by atomic mass is 9.87. The molecule has 1 aromatic carbocycles. The molecule has 6 nitrogen and oxygen atoms in total. The van der Waals surface area contributed by atoms with Crippen LogP contribution in [0.1, 0.15) is 23.2 Å². The number of nitrogens with zero attached hydrogens (tertiary/aromatic N) is 1. The van der Waals surface area contributed by atoms with E-state index in [0.29, 0.717) is 18.4 Å². The van der Waals surface area contributed by atoms with E-state index >= 15 is 0 Å². The van der Waals surface area contributed by atoms with Crippen LogP contribution >= 0.6 is 0 Å². The smallest absolute Gasteiger partial charge is 0.338 e. The molecule has 1 N–H and O–H groups in total. The number of piperidine rings is 1. The van der Waals surface area contributed by atoms with E-state index in [1.807, 2.05) is 18.0 Å². The Morgan fingerprint density at radius 3 is 2.52 bits per heavy atom. The number of carbonyl (C=O) groups excluding carboxylic acids is 2. The standard InChI is InChI=1S/C17H21NO5/c1-18-11-9-14(23-16(20)10-6-4-3-5-7-10)15(17(21)22-2)12(18)8-13(11)19/h3-7,11-15,19H,8-9H2,1-2H3/t11-,12-,13+,14+,15-/m1/s1. The molecule has 3 rings (SSSR count). The first-order valence-electron chi connectivity index (χ1n) is 7.76. The summed E-state index contributed by atoms with van der Waals surface area (Å²) in [6.45, 7) is 0. The predicted octanol–water partition coefficient (Wildman–Crippen LogP) is 0.839. The fraction of sp³-hybridized carbons (Fsp3) is 0.529. The first kappa shape index (κ1) is 16.0. The van der Waals surface area contributed by atoms with Gasteiger partial charge in [-0.05, 0) is 25.6 Å². The van der Waals surface area contributed by atoms with Crippen molar-refractivity contribution in [2.75, 3.05) is 14.2 Å². The van der Waals surface area contributed by atoms with Crippen LogP contribution in [0, 0.1) is 5.92 Å². The second-order valence-corrected chi connectivity index (χ2v) is 6.20. The topological polar surface area (TPSA) is 76.1 Å². The Morgan fingerprint density at radius 1 is 1.17 bits per heavy atom. The molecule has 2 aliphatic heterocycles. The molecule has 5 atom stereocenters. The van der Waals surface area contributed by atoms with E-state index in [-0.39, 0.29) is 12.1 Å². The van der Waals surface area contributed by atoms with Crippen LogP contribution in [0.3, 0.4) is 0 Å². The molecule has 0 amide bonds. The van der Waals surface area contributed by atoms with Gasteiger partial charge in [-0.1, -0.05) is 18.2 Å². The van der Waals surface area contributed by atoms with E-state index in [4.69, 9.17) is 9.47 Å². The highest BCUT2D eigenvalue weighted by atomic mass is 16.6. The largest absolute Gasteiger partial charge is 0.469 e. The highest BCUT2D eigenvalue weighted by Gasteiger charge is 2.54. The van der Waals surface area contributed by atoms with Gasteiger partial charge in [0, 0.05) is 18.5 Å². The molecule has 2 fully saturated rings. The summed E-state index contributed by atoms with van der Waals surface area (Å²) in [5.74, 6) is -1.44. The van der Waals surface area contributed by atoms with Gasteiger partial charge in [0.15, 0.2) is 0 Å². The first-order chi connectivity index (χ1) is 11.0. The van der Waals surface area contributed by atoms with Gasteiger partial charge in [-0.15, -0.1) is 0 Å². The van der Waals surface area contributed by atoms with Crippen LogP contribution in [-0.4, -0.2) is 60.4 Å². The van der Waals surface area contributed by atoms with E-state index in [1.165, 1.54) is 7.11 Å². The van der Waals surface area contributed by atoms with Crippen LogP contribution in [0.2, 0.25) is 0 Å². The highest BCUT2D eigenvalue weighted by molar-refractivity contribution is 5.89. The van der Waals surface area contributed by atoms with Crippen molar-refractivity contribution in [3.8, 4) is 0 Å². The van der Waals surface area contributed by atoms with Crippen molar-refractivity contribution in [3.63, 3.8) is 0 Å². The van der Waals surface area contributed by atoms with Crippen molar-refractivity contribution >= 4 is 11.9 Å². The third-order valence-corrected chi connectivity index (χ3v) is 5.00. The Morgan fingerprint density at radius 2 is 1.87 bits per heavy atom. The first-order valence-corrected chi connectivity index (χ1v) is 7.76. The van der Waals surface area contributed by atoms with Gasteiger partial charge in [0.2, 0.25) is 0 Å². The number of benzene rings is 1. The second-order valence-electron chi connectivity index (χ2n) is 6.20. The fourth-order valence-corrected chi connectivity index (χ4v) is 3.79. The Balaban J connectivity index is 1.82. The molecule has 1 aromatic rings. The molecular formula is C17H21NO5. The minimum Gasteiger partial charge on any atom is -0.469 e. The Hall–Kier alpha value is -1.92. The number of esters is 2. The zero-order valence-corrected chi connectivity index (χ0v) is 13.2. The van der Waals surface area contributed by atoms with Crippen LogP contribution < -0.4 is 0 Å². The highest BCUT2D eigenvalue weighted by Crippen LogP contribution is 2.40. The van der Waals surface area contributed by atoms with Crippen LogP contribution in [0.25, 0.3) is 0 Å². The van der Waals surface area contributed by atoms with E-state index in [0.717, 1.165) is 0 Å². The Bertz CT molecular complexity index is 590. The maximum Gasteiger partial charge on any atom is 0.338 e. The number of hydrogen-bond donors (Lipinski definition) is 1. The summed E-state index contributed by atoms with van der Waals surface area (Å²) in [6, 6.07) is 8.41. The average molecular weight is 319 g/mol. The fourth-order valence-electron chi connectivity index (χ4n) is 3.79. The molecule has 6 heteroatoms. The van der Waals surface area contributed by atoms with Crippen molar-refractivity contribution < 1.29 is 24.2 Å². The Kier molecular flexibility index (Phi) is 4.37. The molecule has 2 heterocycles. The van der Waals surface area contributed by atoms with Crippen LogP contribution in [0.4, 0.5) is 0 Å². The summed E-state index contributed by atoms with van der Waals surface area (Å²) in [4.78, 5) is 26.5. The number of ether oxygens (including phenoxy) is 2. The molecule has 0 saturated carbocycles. The molecule has 2 aliphatic rings. The van der Waals surface area contributed by atoms with Crippen molar-refractivity contribution in [3.05, 3.63) is 35.9 Å². The molecule has 0 radical (unpaired) electrons. The van der Waals surface area contributed by atoms with E-state index in [2.05, 4.69) is 0 Å². The molecule has 124 valence electrons. The van der Waals surface area contributed by atoms with Gasteiger partial charge in [-0.3, -0.25) is 9.69 Å². The minimum atomic E-state index is -0.585. The zero-order chi connectivity index (χ0) is 16.6. The SMILES string of the molecule is COC(=O)[C@H]1[C@@H](OC(=O)c2ccccc2)C[C@@H]2[C@@H](O)C[C@H]1N2C. The summed E-state index contributed by atoms with van der Waals surface area (Å²) >= 11 is 0. The van der Waals surface area contributed by atoms with E-state index in [9.17, 15) is 14.7 Å². The van der Waals surface area contributed by atoms with Gasteiger partial charge in [-0.25, -0.2) is 4.79 Å². The summed E-state index contributed by atoms with van der Waals surface area (Å²) < 4.78 is 10.5. The second kappa shape index (κ2) is 6.29. The number of hydrogen-bond acceptors (Lipinski definition) is 6. The summed E-state index contributed by atoms with van der Waals surface area (Å²) in [7, 11) is 3.21. The average Bonchev–Trinajstić information content (AvgIpc) is 2.74. The summed E-state index contributed by atoms with van der Waals surface area (Å²) in [5, 5.41) is 10.2. The van der Waals surface area contributed by atoms with Gasteiger partial charge in [0.05, 0.1) is 18.8 Å². The number of rotatable bonds is 3. The monoisotopic (exact) mass is 319 g/mol. The lowest BCUT2D eigenvalue weighted by Crippen LogP contribution is -2.54. The van der Waals surface area contributed by atoms with Crippen molar-refractivity contribution in [1.82, 2.24) is 4.90 Å². The van der Waals surface area contributed by atoms with Gasteiger partial charge >= 0.3 is 11.9 Å². The predicted molar refractivity (Wildman–Crippen MR) is 81.7 cm³/mol. The number of carbonyl (C=O) groups is 2. The molecule has 0 aromatic heterocycles. The van der Waals surface area contributed by atoms with Gasteiger partial charge in [0.1, 0.15) is 12.0 Å². The summed E-state index contributed by atoms with van der Waals surface area (Å²) in [5.41, 5.74) is 0.447.